The number of nitrogens with zero attached hydrogens (tertiary/aromatic N) is 1. The van der Waals surface area contributed by atoms with E-state index >= 15 is 0 Å². The van der Waals surface area contributed by atoms with Crippen LogP contribution in [0.5, 0.6) is 0 Å². The fourth-order valence-corrected chi connectivity index (χ4v) is 5.05. The summed E-state index contributed by atoms with van der Waals surface area (Å²) in [7, 11) is 0. The van der Waals surface area contributed by atoms with Gasteiger partial charge in [0, 0.05) is 19.4 Å². The lowest BCUT2D eigenvalue weighted by Crippen LogP contribution is -2.57. The van der Waals surface area contributed by atoms with Crippen LogP contribution in [-0.4, -0.2) is 71.0 Å². The van der Waals surface area contributed by atoms with Gasteiger partial charge >= 0.3 is 5.97 Å². The Labute approximate surface area is 216 Å². The summed E-state index contributed by atoms with van der Waals surface area (Å²) in [4.78, 5) is 53.3. The zero-order valence-electron chi connectivity index (χ0n) is 20.8. The van der Waals surface area contributed by atoms with Crippen LogP contribution in [0.15, 0.2) is 60.7 Å². The number of carbonyl (C=O) groups is 4. The van der Waals surface area contributed by atoms with Gasteiger partial charge in [-0.25, -0.2) is 4.79 Å². The molecular formula is C28H34N4O5. The van der Waals surface area contributed by atoms with Crippen LogP contribution < -0.4 is 16.0 Å². The van der Waals surface area contributed by atoms with Crippen LogP contribution >= 0.6 is 0 Å². The number of aliphatic carboxylic acids is 1. The van der Waals surface area contributed by atoms with Crippen LogP contribution in [-0.2, 0) is 32.0 Å². The molecule has 9 heteroatoms. The zero-order valence-corrected chi connectivity index (χ0v) is 20.8. The first-order valence-electron chi connectivity index (χ1n) is 12.9. The average Bonchev–Trinajstić information content (AvgIpc) is 3.61. The molecule has 37 heavy (non-hydrogen) atoms. The average molecular weight is 507 g/mol. The molecule has 196 valence electrons. The minimum absolute atomic E-state index is 0.0759. The second-order valence-corrected chi connectivity index (χ2v) is 9.68. The van der Waals surface area contributed by atoms with E-state index in [9.17, 15) is 24.3 Å². The molecule has 0 saturated carbocycles. The number of carboxylic acid groups (broad SMARTS) is 1. The van der Waals surface area contributed by atoms with Crippen molar-refractivity contribution < 1.29 is 24.3 Å². The van der Waals surface area contributed by atoms with E-state index in [4.69, 9.17) is 0 Å². The molecule has 0 radical (unpaired) electrons. The van der Waals surface area contributed by atoms with Gasteiger partial charge in [0.15, 0.2) is 0 Å². The summed E-state index contributed by atoms with van der Waals surface area (Å²) in [6.07, 6.45) is 3.23. The molecular weight excluding hydrogens is 472 g/mol. The second kappa shape index (κ2) is 12.5. The van der Waals surface area contributed by atoms with Crippen molar-refractivity contribution in [3.8, 4) is 0 Å². The SMILES string of the molecule is O=C(O)C(Cc1ccccc1)NC(=O)C(Cc1ccccc1)NC(=O)C1CCCN1C(=O)C1CCCN1. The number of carboxylic acids is 1. The van der Waals surface area contributed by atoms with Crippen LogP contribution in [0.3, 0.4) is 0 Å². The summed E-state index contributed by atoms with van der Waals surface area (Å²) < 4.78 is 0. The molecule has 2 saturated heterocycles. The molecule has 9 nitrogen and oxygen atoms in total. The highest BCUT2D eigenvalue weighted by Crippen LogP contribution is 2.21. The highest BCUT2D eigenvalue weighted by Gasteiger charge is 2.39. The first-order valence-corrected chi connectivity index (χ1v) is 12.9. The predicted molar refractivity (Wildman–Crippen MR) is 138 cm³/mol. The standard InChI is InChI=1S/C28H34N4O5/c33-25(31-23(28(36)37)18-20-11-5-2-6-12-20)22(17-19-9-3-1-4-10-19)30-26(34)24-14-8-16-32(24)27(35)21-13-7-15-29-21/h1-6,9-12,21-24,29H,7-8,13-18H2,(H,30,34)(H,31,33)(H,36,37). The number of benzene rings is 2. The fraction of sp³-hybridized carbons (Fsp3) is 0.429. The molecule has 2 aromatic rings. The molecule has 3 amide bonds. The van der Waals surface area contributed by atoms with E-state index in [2.05, 4.69) is 16.0 Å². The Morgan fingerprint density at radius 2 is 1.49 bits per heavy atom. The van der Waals surface area contributed by atoms with Gasteiger partial charge in [-0.2, -0.15) is 0 Å². The molecule has 4 atom stereocenters. The number of hydrogen-bond acceptors (Lipinski definition) is 5. The third kappa shape index (κ3) is 6.95. The van der Waals surface area contributed by atoms with Crippen LogP contribution in [0.4, 0.5) is 0 Å². The summed E-state index contributed by atoms with van der Waals surface area (Å²) in [5.74, 6) is -2.20. The molecule has 2 fully saturated rings. The molecule has 2 aromatic carbocycles. The Morgan fingerprint density at radius 3 is 2.05 bits per heavy atom. The molecule has 0 spiro atoms. The van der Waals surface area contributed by atoms with Crippen LogP contribution in [0.25, 0.3) is 0 Å². The summed E-state index contributed by atoms with van der Waals surface area (Å²) in [6, 6.07) is 15.2. The van der Waals surface area contributed by atoms with E-state index in [1.165, 1.54) is 0 Å². The summed E-state index contributed by atoms with van der Waals surface area (Å²) >= 11 is 0. The molecule has 2 aliphatic heterocycles. The highest BCUT2D eigenvalue weighted by atomic mass is 16.4. The number of likely N-dealkylation sites (tertiary alicyclic amines) is 1. The van der Waals surface area contributed by atoms with Crippen LogP contribution in [0, 0.1) is 0 Å². The summed E-state index contributed by atoms with van der Waals surface area (Å²) in [5, 5.41) is 18.4. The summed E-state index contributed by atoms with van der Waals surface area (Å²) in [5.41, 5.74) is 1.60. The van der Waals surface area contributed by atoms with Crippen molar-refractivity contribution in [3.05, 3.63) is 71.8 Å². The second-order valence-electron chi connectivity index (χ2n) is 9.68. The van der Waals surface area contributed by atoms with Crippen molar-refractivity contribution in [2.75, 3.05) is 13.1 Å². The predicted octanol–water partition coefficient (Wildman–Crippen LogP) is 1.27. The maximum absolute atomic E-state index is 13.4. The van der Waals surface area contributed by atoms with Crippen LogP contribution in [0.2, 0.25) is 0 Å². The maximum Gasteiger partial charge on any atom is 0.326 e. The number of rotatable bonds is 10. The zero-order chi connectivity index (χ0) is 26.2. The monoisotopic (exact) mass is 506 g/mol. The van der Waals surface area contributed by atoms with E-state index in [0.29, 0.717) is 19.4 Å². The lowest BCUT2D eigenvalue weighted by Gasteiger charge is -2.28. The van der Waals surface area contributed by atoms with Crippen molar-refractivity contribution in [2.24, 2.45) is 0 Å². The largest absolute Gasteiger partial charge is 0.480 e. The summed E-state index contributed by atoms with van der Waals surface area (Å²) in [6.45, 7) is 1.29. The van der Waals surface area contributed by atoms with Crippen molar-refractivity contribution in [2.45, 2.75) is 62.7 Å². The molecule has 0 aromatic heterocycles. The smallest absolute Gasteiger partial charge is 0.326 e. The Bertz CT molecular complexity index is 1090. The van der Waals surface area contributed by atoms with E-state index in [1.54, 1.807) is 17.0 Å². The van der Waals surface area contributed by atoms with E-state index in [1.807, 2.05) is 48.5 Å². The van der Waals surface area contributed by atoms with Gasteiger partial charge in [0.25, 0.3) is 0 Å². The minimum atomic E-state index is -1.15. The van der Waals surface area contributed by atoms with E-state index in [0.717, 1.165) is 30.5 Å². The van der Waals surface area contributed by atoms with Gasteiger partial charge in [0.05, 0.1) is 6.04 Å². The third-order valence-electron chi connectivity index (χ3n) is 7.01. The minimum Gasteiger partial charge on any atom is -0.480 e. The fourth-order valence-electron chi connectivity index (χ4n) is 5.05. The van der Waals surface area contributed by atoms with Gasteiger partial charge in [-0.3, -0.25) is 14.4 Å². The topological polar surface area (TPSA) is 128 Å². The number of amides is 3. The van der Waals surface area contributed by atoms with Crippen molar-refractivity contribution >= 4 is 23.7 Å². The Balaban J connectivity index is 1.48. The molecule has 2 heterocycles. The Kier molecular flexibility index (Phi) is 8.90. The molecule has 0 aliphatic carbocycles. The van der Waals surface area contributed by atoms with Gasteiger partial charge in [-0.05, 0) is 43.4 Å². The molecule has 4 rings (SSSR count). The van der Waals surface area contributed by atoms with Crippen molar-refractivity contribution in [1.82, 2.24) is 20.9 Å². The molecule has 2 aliphatic rings. The molecule has 4 unspecified atom stereocenters. The lowest BCUT2D eigenvalue weighted by molar-refractivity contribution is -0.143. The number of carbonyl (C=O) groups excluding carboxylic acids is 3. The van der Waals surface area contributed by atoms with Gasteiger partial charge in [-0.15, -0.1) is 0 Å². The number of hydrogen-bond donors (Lipinski definition) is 4. The maximum atomic E-state index is 13.4. The van der Waals surface area contributed by atoms with E-state index in [-0.39, 0.29) is 24.8 Å². The highest BCUT2D eigenvalue weighted by molar-refractivity contribution is 5.94. The van der Waals surface area contributed by atoms with Crippen molar-refractivity contribution in [3.63, 3.8) is 0 Å². The first-order chi connectivity index (χ1) is 17.9. The lowest BCUT2D eigenvalue weighted by atomic mass is 10.0. The normalized spacial score (nSPS) is 20.7. The van der Waals surface area contributed by atoms with Gasteiger partial charge in [0.2, 0.25) is 17.7 Å². The van der Waals surface area contributed by atoms with Gasteiger partial charge < -0.3 is 26.0 Å². The van der Waals surface area contributed by atoms with E-state index < -0.39 is 35.9 Å². The van der Waals surface area contributed by atoms with Crippen LogP contribution in [0.1, 0.15) is 36.8 Å². The van der Waals surface area contributed by atoms with Crippen molar-refractivity contribution in [1.29, 1.82) is 0 Å². The van der Waals surface area contributed by atoms with Gasteiger partial charge in [-0.1, -0.05) is 60.7 Å². The molecule has 4 N–H and O–H groups in total. The third-order valence-corrected chi connectivity index (χ3v) is 7.01. The number of nitrogens with one attached hydrogen (secondary N) is 3. The Morgan fingerprint density at radius 1 is 0.865 bits per heavy atom. The first kappa shape index (κ1) is 26.3. The molecule has 0 bridgehead atoms. The van der Waals surface area contributed by atoms with Gasteiger partial charge in [0.1, 0.15) is 18.1 Å². The Hall–Kier alpha value is -3.72. The quantitative estimate of drug-likeness (QED) is 0.384.